The van der Waals surface area contributed by atoms with E-state index in [1.54, 1.807) is 12.1 Å². The van der Waals surface area contributed by atoms with Crippen molar-refractivity contribution in [1.29, 1.82) is 0 Å². The van der Waals surface area contributed by atoms with Gasteiger partial charge in [-0.1, -0.05) is 25.7 Å². The fourth-order valence-corrected chi connectivity index (χ4v) is 3.78. The molecule has 136 valence electrons. The lowest BCUT2D eigenvalue weighted by atomic mass is 10.00. The molecule has 1 aliphatic carbocycles. The molecule has 0 bridgehead atoms. The van der Waals surface area contributed by atoms with Crippen LogP contribution < -0.4 is 5.56 Å². The van der Waals surface area contributed by atoms with Crippen LogP contribution in [0.1, 0.15) is 32.1 Å². The van der Waals surface area contributed by atoms with Crippen molar-refractivity contribution < 1.29 is 9.50 Å². The molecule has 2 heterocycles. The largest absolute Gasteiger partial charge is 0.391 e. The molecule has 7 heteroatoms. The quantitative estimate of drug-likeness (QED) is 0.763. The van der Waals surface area contributed by atoms with E-state index in [1.165, 1.54) is 46.7 Å². The summed E-state index contributed by atoms with van der Waals surface area (Å²) in [4.78, 5) is 17.0. The number of hydrogen-bond acceptors (Lipinski definition) is 4. The molecule has 1 aromatic carbocycles. The van der Waals surface area contributed by atoms with Crippen molar-refractivity contribution in [3.05, 3.63) is 53.0 Å². The van der Waals surface area contributed by atoms with Gasteiger partial charge in [0.15, 0.2) is 5.65 Å². The van der Waals surface area contributed by atoms with E-state index < -0.39 is 6.10 Å². The lowest BCUT2D eigenvalue weighted by Gasteiger charge is -2.16. The number of hydrogen-bond donors (Lipinski definition) is 1. The van der Waals surface area contributed by atoms with Gasteiger partial charge < -0.3 is 5.11 Å². The lowest BCUT2D eigenvalue weighted by molar-refractivity contribution is 0.123. The maximum atomic E-state index is 13.1. The Morgan fingerprint density at radius 1 is 1.23 bits per heavy atom. The Balaban J connectivity index is 1.59. The number of aliphatic hydroxyl groups is 1. The van der Waals surface area contributed by atoms with Gasteiger partial charge in [0.25, 0.3) is 5.56 Å². The fourth-order valence-electron chi connectivity index (χ4n) is 3.78. The molecule has 2 aromatic heterocycles. The normalized spacial score (nSPS) is 16.4. The third kappa shape index (κ3) is 3.26. The number of fused-ring (bicyclic) bond motifs is 1. The zero-order valence-electron chi connectivity index (χ0n) is 14.4. The maximum Gasteiger partial charge on any atom is 0.264 e. The van der Waals surface area contributed by atoms with E-state index in [2.05, 4.69) is 10.1 Å². The first-order valence-electron chi connectivity index (χ1n) is 8.99. The average Bonchev–Trinajstić information content (AvgIpc) is 3.28. The molecule has 4 rings (SSSR count). The van der Waals surface area contributed by atoms with Crippen molar-refractivity contribution in [3.8, 4) is 5.69 Å². The Hall–Kier alpha value is -2.54. The Morgan fingerprint density at radius 3 is 2.69 bits per heavy atom. The Bertz CT molecular complexity index is 958. The molecular weight excluding hydrogens is 335 g/mol. The van der Waals surface area contributed by atoms with Crippen LogP contribution in [0.4, 0.5) is 4.39 Å². The lowest BCUT2D eigenvalue weighted by Crippen LogP contribution is -2.28. The number of aliphatic hydroxyl groups excluding tert-OH is 1. The zero-order chi connectivity index (χ0) is 18.1. The number of nitrogens with zero attached hydrogens (tertiary/aromatic N) is 4. The van der Waals surface area contributed by atoms with Crippen LogP contribution in [0.25, 0.3) is 16.7 Å². The van der Waals surface area contributed by atoms with Gasteiger partial charge in [-0.2, -0.15) is 5.10 Å². The summed E-state index contributed by atoms with van der Waals surface area (Å²) in [6, 6.07) is 5.84. The summed E-state index contributed by atoms with van der Waals surface area (Å²) in [5.41, 5.74) is 0.823. The molecule has 1 N–H and O–H groups in total. The Kier molecular flexibility index (Phi) is 4.55. The van der Waals surface area contributed by atoms with E-state index in [9.17, 15) is 14.3 Å². The molecule has 1 fully saturated rings. The second kappa shape index (κ2) is 6.99. The van der Waals surface area contributed by atoms with Gasteiger partial charge in [0.1, 0.15) is 17.5 Å². The number of halogens is 1. The second-order valence-electron chi connectivity index (χ2n) is 7.01. The summed E-state index contributed by atoms with van der Waals surface area (Å²) in [5.74, 6) is 0.218. The van der Waals surface area contributed by atoms with Gasteiger partial charge in [0.05, 0.1) is 24.5 Å². The number of aromatic nitrogens is 4. The first kappa shape index (κ1) is 16.9. The van der Waals surface area contributed by atoms with E-state index in [0.717, 1.165) is 19.3 Å². The van der Waals surface area contributed by atoms with Gasteiger partial charge in [-0.25, -0.2) is 14.1 Å². The van der Waals surface area contributed by atoms with Crippen LogP contribution in [0.3, 0.4) is 0 Å². The van der Waals surface area contributed by atoms with Crippen LogP contribution in [-0.4, -0.2) is 30.5 Å². The van der Waals surface area contributed by atoms with Crippen LogP contribution in [0.15, 0.2) is 41.6 Å². The monoisotopic (exact) mass is 356 g/mol. The molecular formula is C19H21FN4O2. The fraction of sp³-hybridized carbons (Fsp3) is 0.421. The minimum absolute atomic E-state index is 0.228. The standard InChI is InChI=1S/C19H21FN4O2/c20-14-5-7-15(8-6-14)24-18-17(10-22-24)19(26)23(12-21-18)11-16(25)9-13-3-1-2-4-13/h5-8,10,12-13,16,25H,1-4,9,11H2. The maximum absolute atomic E-state index is 13.1. The molecule has 1 aliphatic rings. The van der Waals surface area contributed by atoms with E-state index in [4.69, 9.17) is 0 Å². The van der Waals surface area contributed by atoms with Gasteiger partial charge in [-0.05, 0) is 36.6 Å². The average molecular weight is 356 g/mol. The molecule has 26 heavy (non-hydrogen) atoms. The van der Waals surface area contributed by atoms with Crippen LogP contribution in [0, 0.1) is 11.7 Å². The third-order valence-electron chi connectivity index (χ3n) is 5.11. The molecule has 1 unspecified atom stereocenters. The molecule has 0 spiro atoms. The number of rotatable bonds is 5. The summed E-state index contributed by atoms with van der Waals surface area (Å²) in [6.07, 6.45) is 7.86. The Morgan fingerprint density at radius 2 is 1.96 bits per heavy atom. The predicted molar refractivity (Wildman–Crippen MR) is 95.7 cm³/mol. The summed E-state index contributed by atoms with van der Waals surface area (Å²) in [5, 5.41) is 14.9. The van der Waals surface area contributed by atoms with Gasteiger partial charge >= 0.3 is 0 Å². The first-order chi connectivity index (χ1) is 12.6. The minimum atomic E-state index is -0.554. The highest BCUT2D eigenvalue weighted by molar-refractivity contribution is 5.74. The molecule has 1 atom stereocenters. The van der Waals surface area contributed by atoms with Crippen molar-refractivity contribution in [2.24, 2.45) is 5.92 Å². The summed E-state index contributed by atoms with van der Waals surface area (Å²) in [7, 11) is 0. The molecule has 0 aliphatic heterocycles. The second-order valence-corrected chi connectivity index (χ2v) is 7.01. The predicted octanol–water partition coefficient (Wildman–Crippen LogP) is 2.66. The SMILES string of the molecule is O=c1c2cnn(-c3ccc(F)cc3)c2ncn1CC(O)CC1CCCC1. The highest BCUT2D eigenvalue weighted by Gasteiger charge is 2.20. The third-order valence-corrected chi connectivity index (χ3v) is 5.11. The van der Waals surface area contributed by atoms with Crippen molar-refractivity contribution >= 4 is 11.0 Å². The summed E-state index contributed by atoms with van der Waals surface area (Å²) >= 11 is 0. The highest BCUT2D eigenvalue weighted by Crippen LogP contribution is 2.28. The van der Waals surface area contributed by atoms with Crippen LogP contribution in [0.2, 0.25) is 0 Å². The van der Waals surface area contributed by atoms with Crippen molar-refractivity contribution in [2.75, 3.05) is 0 Å². The molecule has 0 saturated heterocycles. The molecule has 3 aromatic rings. The van der Waals surface area contributed by atoms with Crippen molar-refractivity contribution in [1.82, 2.24) is 19.3 Å². The van der Waals surface area contributed by atoms with Crippen LogP contribution in [-0.2, 0) is 6.54 Å². The van der Waals surface area contributed by atoms with Crippen LogP contribution >= 0.6 is 0 Å². The molecule has 0 amide bonds. The summed E-state index contributed by atoms with van der Waals surface area (Å²) in [6.45, 7) is 0.236. The topological polar surface area (TPSA) is 72.9 Å². The molecule has 1 saturated carbocycles. The first-order valence-corrected chi connectivity index (χ1v) is 8.99. The highest BCUT2D eigenvalue weighted by atomic mass is 19.1. The summed E-state index contributed by atoms with van der Waals surface area (Å²) < 4.78 is 16.1. The van der Waals surface area contributed by atoms with Gasteiger partial charge in [0, 0.05) is 0 Å². The van der Waals surface area contributed by atoms with Gasteiger partial charge in [-0.15, -0.1) is 0 Å². The molecule has 0 radical (unpaired) electrons. The van der Waals surface area contributed by atoms with Crippen LogP contribution in [0.5, 0.6) is 0 Å². The smallest absolute Gasteiger partial charge is 0.264 e. The number of benzene rings is 1. The van der Waals surface area contributed by atoms with E-state index >= 15 is 0 Å². The van der Waals surface area contributed by atoms with Gasteiger partial charge in [-0.3, -0.25) is 9.36 Å². The van der Waals surface area contributed by atoms with E-state index in [1.807, 2.05) is 0 Å². The van der Waals surface area contributed by atoms with Crippen molar-refractivity contribution in [3.63, 3.8) is 0 Å². The van der Waals surface area contributed by atoms with E-state index in [-0.39, 0.29) is 17.9 Å². The van der Waals surface area contributed by atoms with Gasteiger partial charge in [0.2, 0.25) is 0 Å². The zero-order valence-corrected chi connectivity index (χ0v) is 14.4. The van der Waals surface area contributed by atoms with E-state index in [0.29, 0.717) is 22.6 Å². The van der Waals surface area contributed by atoms with Crippen molar-refractivity contribution in [2.45, 2.75) is 44.8 Å². The minimum Gasteiger partial charge on any atom is -0.391 e. The Labute approximate surface area is 149 Å². The molecule has 6 nitrogen and oxygen atoms in total.